The average Bonchev–Trinajstić information content (AvgIpc) is 3.80. The predicted octanol–water partition coefficient (Wildman–Crippen LogP) is 10.1. The van der Waals surface area contributed by atoms with Gasteiger partial charge in [0.25, 0.3) is 0 Å². The number of hydroxylamine groups is 1. The van der Waals surface area contributed by atoms with Crippen LogP contribution in [0.25, 0.3) is 11.1 Å². The molecule has 6 aromatic rings. The lowest BCUT2D eigenvalue weighted by Crippen LogP contribution is -2.27. The first-order chi connectivity index (χ1) is 24.3. The van der Waals surface area contributed by atoms with E-state index in [0.717, 1.165) is 59.1 Å². The molecule has 6 heteroatoms. The topological polar surface area (TPSA) is 52.1 Å². The van der Waals surface area contributed by atoms with Crippen molar-refractivity contribution < 1.29 is 4.84 Å². The first-order valence-corrected chi connectivity index (χ1v) is 17.1. The van der Waals surface area contributed by atoms with E-state index in [2.05, 4.69) is 160 Å². The number of amidine groups is 1. The van der Waals surface area contributed by atoms with E-state index in [0.29, 0.717) is 0 Å². The van der Waals surface area contributed by atoms with Gasteiger partial charge in [0.2, 0.25) is 0 Å². The lowest BCUT2D eigenvalue weighted by atomic mass is 9.93. The van der Waals surface area contributed by atoms with Crippen LogP contribution in [-0.2, 0) is 4.84 Å². The van der Waals surface area contributed by atoms with Crippen molar-refractivity contribution in [1.82, 2.24) is 10.8 Å². The number of nitrogens with one attached hydrogen (secondary N) is 2. The molecule has 3 heterocycles. The summed E-state index contributed by atoms with van der Waals surface area (Å²) in [5.41, 5.74) is 14.9. The molecule has 1 saturated heterocycles. The normalized spacial score (nSPS) is 19.6. The molecule has 0 radical (unpaired) electrons. The number of rotatable bonds is 7. The van der Waals surface area contributed by atoms with Gasteiger partial charge in [-0.2, -0.15) is 5.48 Å². The van der Waals surface area contributed by atoms with Crippen molar-refractivity contribution in [3.63, 3.8) is 0 Å². The maximum atomic E-state index is 5.88. The molecule has 0 aromatic heterocycles. The van der Waals surface area contributed by atoms with Gasteiger partial charge in [-0.1, -0.05) is 103 Å². The van der Waals surface area contributed by atoms with Gasteiger partial charge >= 0.3 is 0 Å². The standard InChI is InChI=1S/C43H37N5O/c1-4-11-32(12-5-1)41-45-43(49-46-41)33-20-18-30(19-21-33)31-22-24-36(25-23-31)48-40-27-26-37(29-39(40)38-17-10-28-44-42(38)48)47(34-13-6-2-7-14-34)35-15-8-3-9-16-35/h1-9,11-16,18-27,29,38,41,43,45-46H,10,17,28H2. The largest absolute Gasteiger partial charge is 0.310 e. The van der Waals surface area contributed by atoms with Crippen molar-refractivity contribution in [2.75, 3.05) is 16.3 Å². The zero-order chi connectivity index (χ0) is 32.6. The van der Waals surface area contributed by atoms with Gasteiger partial charge in [0.15, 0.2) is 6.23 Å². The maximum Gasteiger partial charge on any atom is 0.156 e. The minimum absolute atomic E-state index is 0.0410. The quantitative estimate of drug-likeness (QED) is 0.182. The first kappa shape index (κ1) is 29.6. The van der Waals surface area contributed by atoms with Crippen LogP contribution in [0.4, 0.5) is 28.4 Å². The van der Waals surface area contributed by atoms with Crippen molar-refractivity contribution in [3.05, 3.63) is 174 Å². The van der Waals surface area contributed by atoms with E-state index in [9.17, 15) is 0 Å². The average molecular weight is 640 g/mol. The lowest BCUT2D eigenvalue weighted by Gasteiger charge is -2.26. The Morgan fingerprint density at radius 2 is 1.27 bits per heavy atom. The molecule has 6 aromatic carbocycles. The van der Waals surface area contributed by atoms with E-state index in [1.54, 1.807) is 0 Å². The third kappa shape index (κ3) is 5.60. The Hall–Kier alpha value is -5.53. The molecule has 6 nitrogen and oxygen atoms in total. The molecular formula is C43H37N5O. The van der Waals surface area contributed by atoms with Gasteiger partial charge in [-0.3, -0.25) is 20.0 Å². The van der Waals surface area contributed by atoms with Gasteiger partial charge in [0.1, 0.15) is 12.0 Å². The van der Waals surface area contributed by atoms with E-state index in [1.165, 1.54) is 22.4 Å². The Bertz CT molecular complexity index is 2040. The predicted molar refractivity (Wildman–Crippen MR) is 199 cm³/mol. The van der Waals surface area contributed by atoms with Crippen LogP contribution in [0.5, 0.6) is 0 Å². The summed E-state index contributed by atoms with van der Waals surface area (Å²) in [6, 6.07) is 56.0. The van der Waals surface area contributed by atoms with Crippen LogP contribution in [0.15, 0.2) is 163 Å². The Morgan fingerprint density at radius 3 is 1.94 bits per heavy atom. The Balaban J connectivity index is 0.986. The number of anilines is 5. The highest BCUT2D eigenvalue weighted by Crippen LogP contribution is 2.48. The fourth-order valence-corrected chi connectivity index (χ4v) is 7.39. The molecule has 0 saturated carbocycles. The van der Waals surface area contributed by atoms with Crippen molar-refractivity contribution >= 4 is 34.3 Å². The summed E-state index contributed by atoms with van der Waals surface area (Å²) < 4.78 is 0. The molecule has 9 rings (SSSR count). The molecule has 3 unspecified atom stereocenters. The molecule has 3 aliphatic rings. The van der Waals surface area contributed by atoms with E-state index in [1.807, 2.05) is 18.2 Å². The second-order valence-corrected chi connectivity index (χ2v) is 12.8. The summed E-state index contributed by atoms with van der Waals surface area (Å²) in [6.07, 6.45) is 1.95. The molecular weight excluding hydrogens is 603 g/mol. The van der Waals surface area contributed by atoms with Gasteiger partial charge in [0.05, 0.1) is 5.69 Å². The maximum absolute atomic E-state index is 5.88. The minimum Gasteiger partial charge on any atom is -0.310 e. The van der Waals surface area contributed by atoms with Crippen LogP contribution in [-0.4, -0.2) is 12.4 Å². The van der Waals surface area contributed by atoms with Crippen molar-refractivity contribution in [3.8, 4) is 11.1 Å². The molecule has 49 heavy (non-hydrogen) atoms. The summed E-state index contributed by atoms with van der Waals surface area (Å²) in [4.78, 5) is 15.7. The molecule has 1 fully saturated rings. The highest BCUT2D eigenvalue weighted by atomic mass is 16.7. The molecule has 240 valence electrons. The van der Waals surface area contributed by atoms with Crippen molar-refractivity contribution in [2.24, 2.45) is 4.99 Å². The summed E-state index contributed by atoms with van der Waals surface area (Å²) >= 11 is 0. The molecule has 0 aliphatic carbocycles. The number of aliphatic imine (C=N–C) groups is 1. The van der Waals surface area contributed by atoms with Crippen LogP contribution in [0, 0.1) is 0 Å². The fourth-order valence-electron chi connectivity index (χ4n) is 7.39. The monoisotopic (exact) mass is 639 g/mol. The third-order valence-electron chi connectivity index (χ3n) is 9.81. The van der Waals surface area contributed by atoms with E-state index < -0.39 is 0 Å². The number of nitrogens with zero attached hydrogens (tertiary/aromatic N) is 3. The first-order valence-electron chi connectivity index (χ1n) is 17.1. The number of para-hydroxylation sites is 2. The Morgan fingerprint density at radius 1 is 0.633 bits per heavy atom. The highest BCUT2D eigenvalue weighted by molar-refractivity contribution is 6.14. The SMILES string of the molecule is c1ccc(C2NOC(c3ccc(-c4ccc(N5C6=NCCCC6c6cc(N(c7ccccc7)c7ccccc7)ccc65)cc4)cc3)N2)cc1. The van der Waals surface area contributed by atoms with Gasteiger partial charge in [0, 0.05) is 35.2 Å². The third-order valence-corrected chi connectivity index (χ3v) is 9.81. The fraction of sp³-hybridized carbons (Fsp3) is 0.140. The number of benzene rings is 6. The minimum atomic E-state index is -0.214. The Kier molecular flexibility index (Phi) is 7.75. The molecule has 0 amide bonds. The summed E-state index contributed by atoms with van der Waals surface area (Å²) in [5, 5.41) is 3.53. The molecule has 3 atom stereocenters. The molecule has 0 bridgehead atoms. The Labute approximate surface area is 287 Å². The molecule has 3 aliphatic heterocycles. The molecule has 0 spiro atoms. The number of hydrogen-bond acceptors (Lipinski definition) is 6. The highest BCUT2D eigenvalue weighted by Gasteiger charge is 2.38. The zero-order valence-electron chi connectivity index (χ0n) is 27.1. The summed E-state index contributed by atoms with van der Waals surface area (Å²) in [6.45, 7) is 0.870. The zero-order valence-corrected chi connectivity index (χ0v) is 27.1. The summed E-state index contributed by atoms with van der Waals surface area (Å²) in [7, 11) is 0. The van der Waals surface area contributed by atoms with Crippen LogP contribution < -0.4 is 20.6 Å². The van der Waals surface area contributed by atoms with E-state index >= 15 is 0 Å². The summed E-state index contributed by atoms with van der Waals surface area (Å²) in [5.74, 6) is 1.44. The van der Waals surface area contributed by atoms with E-state index in [-0.39, 0.29) is 18.3 Å². The van der Waals surface area contributed by atoms with E-state index in [4.69, 9.17) is 9.83 Å². The van der Waals surface area contributed by atoms with Crippen LogP contribution in [0.2, 0.25) is 0 Å². The second-order valence-electron chi connectivity index (χ2n) is 12.8. The van der Waals surface area contributed by atoms with Crippen molar-refractivity contribution in [1.29, 1.82) is 0 Å². The van der Waals surface area contributed by atoms with Crippen LogP contribution in [0.1, 0.15) is 47.8 Å². The second kappa shape index (κ2) is 12.8. The smallest absolute Gasteiger partial charge is 0.156 e. The van der Waals surface area contributed by atoms with Gasteiger partial charge < -0.3 is 4.90 Å². The number of fused-ring (bicyclic) bond motifs is 3. The van der Waals surface area contributed by atoms with Crippen LogP contribution in [0.3, 0.4) is 0 Å². The van der Waals surface area contributed by atoms with Gasteiger partial charge in [-0.25, -0.2) is 0 Å². The molecule has 2 N–H and O–H groups in total. The van der Waals surface area contributed by atoms with Crippen LogP contribution >= 0.6 is 0 Å². The van der Waals surface area contributed by atoms with Crippen molar-refractivity contribution in [2.45, 2.75) is 31.2 Å². The van der Waals surface area contributed by atoms with Gasteiger partial charge in [-0.15, -0.1) is 0 Å². The lowest BCUT2D eigenvalue weighted by molar-refractivity contribution is 0.0214. The van der Waals surface area contributed by atoms with Gasteiger partial charge in [-0.05, 0) is 95.3 Å². The number of hydrogen-bond donors (Lipinski definition) is 2.